The van der Waals surface area contributed by atoms with Gasteiger partial charge in [-0.1, -0.05) is 19.4 Å². The SMILES string of the molecule is CCCCNC(=O)C(=O)c1c(C)c(C)cc(C)c1C. The van der Waals surface area contributed by atoms with Gasteiger partial charge >= 0.3 is 0 Å². The van der Waals surface area contributed by atoms with Crippen molar-refractivity contribution in [2.75, 3.05) is 6.54 Å². The van der Waals surface area contributed by atoms with E-state index >= 15 is 0 Å². The predicted molar refractivity (Wildman–Crippen MR) is 77.6 cm³/mol. The second kappa shape index (κ2) is 6.50. The number of ketones is 1. The third-order valence-electron chi connectivity index (χ3n) is 3.62. The summed E-state index contributed by atoms with van der Waals surface area (Å²) in [6, 6.07) is 2.05. The Labute approximate surface area is 115 Å². The number of nitrogens with one attached hydrogen (secondary N) is 1. The maximum atomic E-state index is 12.3. The van der Waals surface area contributed by atoms with Crippen molar-refractivity contribution >= 4 is 11.7 Å². The van der Waals surface area contributed by atoms with E-state index in [1.807, 2.05) is 34.6 Å². The first-order chi connectivity index (χ1) is 8.90. The lowest BCUT2D eigenvalue weighted by Crippen LogP contribution is -2.32. The van der Waals surface area contributed by atoms with Gasteiger partial charge < -0.3 is 5.32 Å². The van der Waals surface area contributed by atoms with Gasteiger partial charge in [0.05, 0.1) is 0 Å². The van der Waals surface area contributed by atoms with Gasteiger partial charge in [-0.25, -0.2) is 0 Å². The zero-order valence-electron chi connectivity index (χ0n) is 12.5. The van der Waals surface area contributed by atoms with Gasteiger partial charge in [0, 0.05) is 12.1 Å². The third-order valence-corrected chi connectivity index (χ3v) is 3.62. The van der Waals surface area contributed by atoms with E-state index in [0.717, 1.165) is 35.1 Å². The topological polar surface area (TPSA) is 46.2 Å². The van der Waals surface area contributed by atoms with E-state index in [1.54, 1.807) is 0 Å². The van der Waals surface area contributed by atoms with Gasteiger partial charge in [0.15, 0.2) is 0 Å². The van der Waals surface area contributed by atoms with Crippen LogP contribution < -0.4 is 5.32 Å². The van der Waals surface area contributed by atoms with Gasteiger partial charge in [-0.3, -0.25) is 9.59 Å². The van der Waals surface area contributed by atoms with Crippen LogP contribution in [0.15, 0.2) is 6.07 Å². The van der Waals surface area contributed by atoms with E-state index in [9.17, 15) is 9.59 Å². The molecule has 1 aromatic rings. The Balaban J connectivity index is 3.03. The highest BCUT2D eigenvalue weighted by molar-refractivity contribution is 6.43. The van der Waals surface area contributed by atoms with Crippen molar-refractivity contribution < 1.29 is 9.59 Å². The number of Topliss-reactive ketones (excluding diaryl/α,β-unsaturated/α-hetero) is 1. The smallest absolute Gasteiger partial charge is 0.292 e. The van der Waals surface area contributed by atoms with Gasteiger partial charge in [0.2, 0.25) is 0 Å². The molecule has 0 radical (unpaired) electrons. The van der Waals surface area contributed by atoms with Crippen LogP contribution in [0, 0.1) is 27.7 Å². The van der Waals surface area contributed by atoms with Crippen molar-refractivity contribution in [2.24, 2.45) is 0 Å². The molecular weight excluding hydrogens is 238 g/mol. The molecule has 0 unspecified atom stereocenters. The van der Waals surface area contributed by atoms with Crippen molar-refractivity contribution in [3.63, 3.8) is 0 Å². The summed E-state index contributed by atoms with van der Waals surface area (Å²) >= 11 is 0. The Bertz CT molecular complexity index is 478. The van der Waals surface area contributed by atoms with Crippen molar-refractivity contribution in [1.82, 2.24) is 5.32 Å². The number of unbranched alkanes of at least 4 members (excludes halogenated alkanes) is 1. The number of hydrogen-bond acceptors (Lipinski definition) is 2. The van der Waals surface area contributed by atoms with Crippen LogP contribution in [0.5, 0.6) is 0 Å². The van der Waals surface area contributed by atoms with E-state index in [2.05, 4.69) is 11.4 Å². The molecular formula is C16H23NO2. The standard InChI is InChI=1S/C16H23NO2/c1-6-7-8-17-16(19)15(18)14-12(4)10(2)9-11(3)13(14)5/h9H,6-8H2,1-5H3,(H,17,19). The molecule has 0 saturated heterocycles. The van der Waals surface area contributed by atoms with Gasteiger partial charge in [-0.15, -0.1) is 0 Å². The summed E-state index contributed by atoms with van der Waals surface area (Å²) in [4.78, 5) is 24.2. The maximum Gasteiger partial charge on any atom is 0.292 e. The molecule has 3 nitrogen and oxygen atoms in total. The fraction of sp³-hybridized carbons (Fsp3) is 0.500. The number of rotatable bonds is 5. The Morgan fingerprint density at radius 3 is 2.05 bits per heavy atom. The second-order valence-corrected chi connectivity index (χ2v) is 5.07. The molecule has 0 aliphatic carbocycles. The largest absolute Gasteiger partial charge is 0.349 e. The van der Waals surface area contributed by atoms with Crippen molar-refractivity contribution in [3.8, 4) is 0 Å². The molecule has 1 rings (SSSR count). The minimum atomic E-state index is -0.496. The zero-order chi connectivity index (χ0) is 14.6. The number of aryl methyl sites for hydroxylation is 2. The molecule has 0 saturated carbocycles. The Hall–Kier alpha value is -1.64. The van der Waals surface area contributed by atoms with Crippen molar-refractivity contribution in [2.45, 2.75) is 47.5 Å². The van der Waals surface area contributed by atoms with Crippen LogP contribution in [0.3, 0.4) is 0 Å². The number of benzene rings is 1. The predicted octanol–water partition coefficient (Wildman–Crippen LogP) is 3.02. The monoisotopic (exact) mass is 261 g/mol. The molecule has 19 heavy (non-hydrogen) atoms. The lowest BCUT2D eigenvalue weighted by molar-refractivity contribution is -0.117. The molecule has 3 heteroatoms. The van der Waals surface area contributed by atoms with E-state index < -0.39 is 11.7 Å². The van der Waals surface area contributed by atoms with Crippen molar-refractivity contribution in [3.05, 3.63) is 33.9 Å². The summed E-state index contributed by atoms with van der Waals surface area (Å²) in [6.45, 7) is 10.3. The molecule has 104 valence electrons. The molecule has 0 aromatic heterocycles. The van der Waals surface area contributed by atoms with Crippen LogP contribution in [0.4, 0.5) is 0 Å². The molecule has 1 N–H and O–H groups in total. The first-order valence-electron chi connectivity index (χ1n) is 6.80. The number of amides is 1. The van der Waals surface area contributed by atoms with Crippen LogP contribution in [0.25, 0.3) is 0 Å². The number of carbonyl (C=O) groups is 2. The lowest BCUT2D eigenvalue weighted by Gasteiger charge is -2.14. The second-order valence-electron chi connectivity index (χ2n) is 5.07. The van der Waals surface area contributed by atoms with Gasteiger partial charge in [-0.2, -0.15) is 0 Å². The van der Waals surface area contributed by atoms with E-state index in [-0.39, 0.29) is 0 Å². The summed E-state index contributed by atoms with van der Waals surface area (Å²) in [5.74, 6) is -0.914. The normalized spacial score (nSPS) is 10.4. The summed E-state index contributed by atoms with van der Waals surface area (Å²) in [5.41, 5.74) is 4.46. The Morgan fingerprint density at radius 1 is 1.05 bits per heavy atom. The van der Waals surface area contributed by atoms with Crippen LogP contribution >= 0.6 is 0 Å². The van der Waals surface area contributed by atoms with E-state index in [1.165, 1.54) is 0 Å². The summed E-state index contributed by atoms with van der Waals surface area (Å²) in [5, 5.41) is 2.69. The Morgan fingerprint density at radius 2 is 1.58 bits per heavy atom. The molecule has 0 bridgehead atoms. The number of hydrogen-bond donors (Lipinski definition) is 1. The lowest BCUT2D eigenvalue weighted by atomic mass is 9.91. The molecule has 0 atom stereocenters. The van der Waals surface area contributed by atoms with Crippen LogP contribution in [0.1, 0.15) is 52.4 Å². The molecule has 1 amide bonds. The van der Waals surface area contributed by atoms with Gasteiger partial charge in [-0.05, 0) is 56.4 Å². The molecule has 0 aliphatic rings. The highest BCUT2D eigenvalue weighted by Gasteiger charge is 2.21. The average molecular weight is 261 g/mol. The fourth-order valence-corrected chi connectivity index (χ4v) is 2.13. The quantitative estimate of drug-likeness (QED) is 0.503. The summed E-state index contributed by atoms with van der Waals surface area (Å²) in [7, 11) is 0. The highest BCUT2D eigenvalue weighted by Crippen LogP contribution is 2.22. The first-order valence-corrected chi connectivity index (χ1v) is 6.80. The highest BCUT2D eigenvalue weighted by atomic mass is 16.2. The fourth-order valence-electron chi connectivity index (χ4n) is 2.13. The van der Waals surface area contributed by atoms with E-state index in [4.69, 9.17) is 0 Å². The molecule has 0 heterocycles. The first kappa shape index (κ1) is 15.4. The molecule has 0 fully saturated rings. The Kier molecular flexibility index (Phi) is 5.28. The van der Waals surface area contributed by atoms with E-state index in [0.29, 0.717) is 12.1 Å². The maximum absolute atomic E-state index is 12.3. The molecule has 0 aliphatic heterocycles. The van der Waals surface area contributed by atoms with Gasteiger partial charge in [0.1, 0.15) is 0 Å². The van der Waals surface area contributed by atoms with Crippen molar-refractivity contribution in [1.29, 1.82) is 0 Å². The summed E-state index contributed by atoms with van der Waals surface area (Å²) in [6.07, 6.45) is 1.89. The van der Waals surface area contributed by atoms with Gasteiger partial charge in [0.25, 0.3) is 11.7 Å². The minimum absolute atomic E-state index is 0.419. The average Bonchev–Trinajstić information content (AvgIpc) is 2.36. The minimum Gasteiger partial charge on any atom is -0.349 e. The van der Waals surface area contributed by atoms with Crippen LogP contribution in [-0.4, -0.2) is 18.2 Å². The summed E-state index contributed by atoms with van der Waals surface area (Å²) < 4.78 is 0. The van der Waals surface area contributed by atoms with Crippen LogP contribution in [0.2, 0.25) is 0 Å². The third kappa shape index (κ3) is 3.43. The zero-order valence-corrected chi connectivity index (χ0v) is 12.5. The van der Waals surface area contributed by atoms with Crippen LogP contribution in [-0.2, 0) is 4.79 Å². The molecule has 0 spiro atoms. The molecule has 1 aromatic carbocycles. The number of carbonyl (C=O) groups excluding carboxylic acids is 2.